The lowest BCUT2D eigenvalue weighted by atomic mass is 10.1. The SMILES string of the molecule is CC(=O)CCC/C(C)=C/COC(C)=O. The van der Waals surface area contributed by atoms with E-state index in [2.05, 4.69) is 0 Å². The third kappa shape index (κ3) is 8.97. The van der Waals surface area contributed by atoms with Gasteiger partial charge in [0.05, 0.1) is 0 Å². The Hall–Kier alpha value is -1.12. The highest BCUT2D eigenvalue weighted by molar-refractivity contribution is 5.75. The Morgan fingerprint density at radius 3 is 2.29 bits per heavy atom. The summed E-state index contributed by atoms with van der Waals surface area (Å²) in [6.45, 7) is 5.29. The van der Waals surface area contributed by atoms with Crippen LogP contribution in [-0.2, 0) is 14.3 Å². The lowest BCUT2D eigenvalue weighted by Crippen LogP contribution is -1.98. The molecule has 0 atom stereocenters. The molecule has 0 heterocycles. The summed E-state index contributed by atoms with van der Waals surface area (Å²) in [4.78, 5) is 21.1. The molecule has 0 N–H and O–H groups in total. The molecule has 0 amide bonds. The van der Waals surface area contributed by atoms with Gasteiger partial charge in [0.15, 0.2) is 0 Å². The number of hydrogen-bond acceptors (Lipinski definition) is 3. The highest BCUT2D eigenvalue weighted by Gasteiger charge is 1.95. The van der Waals surface area contributed by atoms with Crippen molar-refractivity contribution in [3.8, 4) is 0 Å². The van der Waals surface area contributed by atoms with E-state index in [1.54, 1.807) is 6.92 Å². The van der Waals surface area contributed by atoms with E-state index in [0.29, 0.717) is 13.0 Å². The maximum Gasteiger partial charge on any atom is 0.302 e. The van der Waals surface area contributed by atoms with E-state index in [0.717, 1.165) is 18.4 Å². The molecule has 14 heavy (non-hydrogen) atoms. The molecule has 0 aromatic heterocycles. The van der Waals surface area contributed by atoms with Crippen LogP contribution < -0.4 is 0 Å². The number of hydrogen-bond donors (Lipinski definition) is 0. The van der Waals surface area contributed by atoms with Crippen molar-refractivity contribution in [1.82, 2.24) is 0 Å². The van der Waals surface area contributed by atoms with Crippen LogP contribution in [0, 0.1) is 0 Å². The number of allylic oxidation sites excluding steroid dienone is 1. The molecule has 0 spiro atoms. The first-order valence-corrected chi connectivity index (χ1v) is 4.81. The number of ketones is 1. The molecule has 0 aliphatic carbocycles. The van der Waals surface area contributed by atoms with Gasteiger partial charge in [-0.15, -0.1) is 0 Å². The molecule has 0 aliphatic rings. The first kappa shape index (κ1) is 12.9. The summed E-state index contributed by atoms with van der Waals surface area (Å²) in [5.74, 6) is -0.0458. The molecular weight excluding hydrogens is 180 g/mol. The predicted octanol–water partition coefficient (Wildman–Crippen LogP) is 2.26. The molecule has 0 aliphatic heterocycles. The second-order valence-corrected chi connectivity index (χ2v) is 3.41. The number of carbonyl (C=O) groups is 2. The van der Waals surface area contributed by atoms with E-state index < -0.39 is 0 Å². The van der Waals surface area contributed by atoms with Crippen LogP contribution in [-0.4, -0.2) is 18.4 Å². The van der Waals surface area contributed by atoms with Crippen molar-refractivity contribution in [2.45, 2.75) is 40.0 Å². The van der Waals surface area contributed by atoms with Gasteiger partial charge in [-0.1, -0.05) is 5.57 Å². The van der Waals surface area contributed by atoms with Gasteiger partial charge >= 0.3 is 5.97 Å². The zero-order valence-electron chi connectivity index (χ0n) is 9.13. The molecule has 0 bridgehead atoms. The average Bonchev–Trinajstić information content (AvgIpc) is 2.02. The number of carbonyl (C=O) groups excluding carboxylic acids is 2. The zero-order chi connectivity index (χ0) is 11.0. The van der Waals surface area contributed by atoms with Crippen LogP contribution >= 0.6 is 0 Å². The quantitative estimate of drug-likeness (QED) is 0.485. The van der Waals surface area contributed by atoms with E-state index in [-0.39, 0.29) is 11.8 Å². The topological polar surface area (TPSA) is 43.4 Å². The maximum absolute atomic E-state index is 10.6. The van der Waals surface area contributed by atoms with Gasteiger partial charge in [-0.05, 0) is 32.8 Å². The Balaban J connectivity index is 3.56. The first-order chi connectivity index (χ1) is 6.52. The Labute approximate surface area is 85.1 Å². The van der Waals surface area contributed by atoms with Crippen molar-refractivity contribution < 1.29 is 14.3 Å². The Kier molecular flexibility index (Phi) is 6.72. The average molecular weight is 198 g/mol. The summed E-state index contributed by atoms with van der Waals surface area (Å²) in [7, 11) is 0. The summed E-state index contributed by atoms with van der Waals surface area (Å²) in [5, 5.41) is 0. The Morgan fingerprint density at radius 1 is 1.14 bits per heavy atom. The highest BCUT2D eigenvalue weighted by Crippen LogP contribution is 2.06. The fourth-order valence-electron chi connectivity index (χ4n) is 1.02. The maximum atomic E-state index is 10.6. The van der Waals surface area contributed by atoms with Crippen molar-refractivity contribution in [2.24, 2.45) is 0 Å². The number of esters is 1. The van der Waals surface area contributed by atoms with E-state index in [4.69, 9.17) is 4.74 Å². The molecule has 3 nitrogen and oxygen atoms in total. The summed E-state index contributed by atoms with van der Waals surface area (Å²) in [5.41, 5.74) is 1.16. The van der Waals surface area contributed by atoms with Crippen molar-refractivity contribution in [3.05, 3.63) is 11.6 Å². The van der Waals surface area contributed by atoms with Crippen molar-refractivity contribution in [1.29, 1.82) is 0 Å². The number of ether oxygens (including phenoxy) is 1. The monoisotopic (exact) mass is 198 g/mol. The molecule has 0 saturated carbocycles. The molecule has 0 aromatic carbocycles. The van der Waals surface area contributed by atoms with E-state index >= 15 is 0 Å². The fraction of sp³-hybridized carbons (Fsp3) is 0.636. The molecule has 0 unspecified atom stereocenters. The number of rotatable bonds is 6. The summed E-state index contributed by atoms with van der Waals surface area (Å²) in [6.07, 6.45) is 4.26. The fourth-order valence-corrected chi connectivity index (χ4v) is 1.02. The van der Waals surface area contributed by atoms with E-state index in [9.17, 15) is 9.59 Å². The summed E-state index contributed by atoms with van der Waals surface area (Å²) in [6, 6.07) is 0. The minimum absolute atomic E-state index is 0.220. The predicted molar refractivity (Wildman–Crippen MR) is 54.9 cm³/mol. The van der Waals surface area contributed by atoms with Gasteiger partial charge in [0.2, 0.25) is 0 Å². The molecule has 0 rings (SSSR count). The molecule has 0 saturated heterocycles. The lowest BCUT2D eigenvalue weighted by Gasteiger charge is -2.00. The Morgan fingerprint density at radius 2 is 1.79 bits per heavy atom. The van der Waals surface area contributed by atoms with Crippen LogP contribution in [0.4, 0.5) is 0 Å². The van der Waals surface area contributed by atoms with Gasteiger partial charge < -0.3 is 9.53 Å². The summed E-state index contributed by atoms with van der Waals surface area (Å²) < 4.78 is 4.76. The zero-order valence-corrected chi connectivity index (χ0v) is 9.13. The normalized spacial score (nSPS) is 11.2. The van der Waals surface area contributed by atoms with Gasteiger partial charge in [-0.2, -0.15) is 0 Å². The number of Topliss-reactive ketones (excluding diaryl/α,β-unsaturated/α-hetero) is 1. The van der Waals surface area contributed by atoms with Gasteiger partial charge in [-0.25, -0.2) is 0 Å². The minimum atomic E-state index is -0.266. The van der Waals surface area contributed by atoms with Crippen molar-refractivity contribution in [3.63, 3.8) is 0 Å². The Bertz CT molecular complexity index is 229. The van der Waals surface area contributed by atoms with Crippen LogP contribution in [0.1, 0.15) is 40.0 Å². The van der Waals surface area contributed by atoms with Gasteiger partial charge in [0.25, 0.3) is 0 Å². The first-order valence-electron chi connectivity index (χ1n) is 4.81. The standard InChI is InChI=1S/C11H18O3/c1-9(5-4-6-10(2)12)7-8-14-11(3)13/h7H,4-6,8H2,1-3H3/b9-7+. The van der Waals surface area contributed by atoms with Crippen LogP contribution in [0.3, 0.4) is 0 Å². The van der Waals surface area contributed by atoms with Crippen molar-refractivity contribution >= 4 is 11.8 Å². The van der Waals surface area contributed by atoms with Gasteiger partial charge in [-0.3, -0.25) is 4.79 Å². The lowest BCUT2D eigenvalue weighted by molar-refractivity contribution is -0.139. The second-order valence-electron chi connectivity index (χ2n) is 3.41. The molecule has 0 aromatic rings. The molecule has 0 fully saturated rings. The van der Waals surface area contributed by atoms with Crippen LogP contribution in [0.15, 0.2) is 11.6 Å². The smallest absolute Gasteiger partial charge is 0.302 e. The van der Waals surface area contributed by atoms with Crippen molar-refractivity contribution in [2.75, 3.05) is 6.61 Å². The highest BCUT2D eigenvalue weighted by atomic mass is 16.5. The molecule has 0 radical (unpaired) electrons. The molecule has 80 valence electrons. The van der Waals surface area contributed by atoms with Crippen LogP contribution in [0.5, 0.6) is 0 Å². The van der Waals surface area contributed by atoms with E-state index in [1.807, 2.05) is 13.0 Å². The van der Waals surface area contributed by atoms with Crippen LogP contribution in [0.25, 0.3) is 0 Å². The van der Waals surface area contributed by atoms with Gasteiger partial charge in [0, 0.05) is 13.3 Å². The van der Waals surface area contributed by atoms with Crippen LogP contribution in [0.2, 0.25) is 0 Å². The largest absolute Gasteiger partial charge is 0.462 e. The third-order valence-electron chi connectivity index (χ3n) is 1.82. The summed E-state index contributed by atoms with van der Waals surface area (Å²) >= 11 is 0. The molecule has 3 heteroatoms. The van der Waals surface area contributed by atoms with Gasteiger partial charge in [0.1, 0.15) is 12.4 Å². The van der Waals surface area contributed by atoms with E-state index in [1.165, 1.54) is 6.92 Å². The molecular formula is C11H18O3. The second kappa shape index (κ2) is 7.30. The minimum Gasteiger partial charge on any atom is -0.462 e. The third-order valence-corrected chi connectivity index (χ3v) is 1.82.